The van der Waals surface area contributed by atoms with Gasteiger partial charge in [-0.3, -0.25) is 0 Å². The maximum atomic E-state index is 5.00. The van der Waals surface area contributed by atoms with Gasteiger partial charge in [0.1, 0.15) is 4.32 Å². The number of hydrogen-bond donors (Lipinski definition) is 5. The highest BCUT2D eigenvalue weighted by atomic mass is 32.1. The summed E-state index contributed by atoms with van der Waals surface area (Å²) >= 11 is 13.2. The van der Waals surface area contributed by atoms with Crippen LogP contribution in [0.2, 0.25) is 0 Å². The van der Waals surface area contributed by atoms with Crippen LogP contribution in [0.3, 0.4) is 0 Å². The number of rotatable bonds is 3. The second-order valence-corrected chi connectivity index (χ2v) is 3.20. The molecule has 5 N–H and O–H groups in total. The molecule has 0 aliphatic carbocycles. The van der Waals surface area contributed by atoms with Crippen LogP contribution in [0.1, 0.15) is 0 Å². The molecule has 0 rings (SSSR count). The Morgan fingerprint density at radius 1 is 1.27 bits per heavy atom. The lowest BCUT2D eigenvalue weighted by atomic mass is 10.6. The summed E-state index contributed by atoms with van der Waals surface area (Å²) in [4.78, 5) is 0. The van der Waals surface area contributed by atoms with Crippen molar-refractivity contribution in [1.82, 2.24) is 16.1 Å². The minimum atomic E-state index is 0.414. The summed E-state index contributed by atoms with van der Waals surface area (Å²) in [7, 11) is 0. The highest BCUT2D eigenvalue weighted by Gasteiger charge is 1.89. The van der Waals surface area contributed by atoms with E-state index < -0.39 is 0 Å². The largest absolute Gasteiger partial charge is 0.369 e. The van der Waals surface area contributed by atoms with Crippen LogP contribution in [-0.2, 0) is 0 Å². The van der Waals surface area contributed by atoms with Crippen molar-refractivity contribution in [1.29, 1.82) is 0 Å². The Morgan fingerprint density at radius 2 is 1.82 bits per heavy atom. The molecule has 0 aliphatic rings. The number of nitrogens with two attached hydrogens (primary N) is 1. The molecule has 0 amide bonds. The highest BCUT2D eigenvalue weighted by molar-refractivity contribution is 8.11. The summed E-state index contributed by atoms with van der Waals surface area (Å²) < 4.78 is 0.471. The van der Waals surface area contributed by atoms with E-state index in [9.17, 15) is 0 Å². The molecule has 0 aromatic carbocycles. The molecular formula is C4H10N4S3. The van der Waals surface area contributed by atoms with Gasteiger partial charge in [-0.25, -0.2) is 5.84 Å². The van der Waals surface area contributed by atoms with Gasteiger partial charge in [0.2, 0.25) is 0 Å². The molecule has 0 spiro atoms. The van der Waals surface area contributed by atoms with E-state index in [4.69, 9.17) is 18.1 Å². The second-order valence-electron chi connectivity index (χ2n) is 1.63. The van der Waals surface area contributed by atoms with Gasteiger partial charge < -0.3 is 16.1 Å². The van der Waals surface area contributed by atoms with E-state index in [1.807, 2.05) is 0 Å². The quantitative estimate of drug-likeness (QED) is 0.137. The molecule has 0 saturated carbocycles. The first-order valence-corrected chi connectivity index (χ1v) is 4.14. The molecular weight excluding hydrogens is 200 g/mol. The molecule has 0 aliphatic heterocycles. The molecule has 0 fully saturated rings. The standard InChI is InChI=1S/C4H10N4S3/c5-8-3(9)6-1-2-7-4(10)11/h1-2,5H2,(H2,6,8,9)(H2,7,10,11). The van der Waals surface area contributed by atoms with Gasteiger partial charge in [0, 0.05) is 13.1 Å². The van der Waals surface area contributed by atoms with Crippen molar-refractivity contribution in [2.45, 2.75) is 0 Å². The SMILES string of the molecule is NNC(=S)NCCNC(=S)S. The molecule has 0 saturated heterocycles. The van der Waals surface area contributed by atoms with Crippen molar-refractivity contribution in [3.8, 4) is 0 Å². The molecule has 11 heavy (non-hydrogen) atoms. The second kappa shape index (κ2) is 6.59. The summed E-state index contributed by atoms with van der Waals surface area (Å²) in [5.41, 5.74) is 2.29. The number of thiocarbonyl (C=S) groups is 2. The Bertz CT molecular complexity index is 148. The van der Waals surface area contributed by atoms with Crippen LogP contribution in [0, 0.1) is 0 Å². The first kappa shape index (κ1) is 10.9. The zero-order valence-corrected chi connectivity index (χ0v) is 8.28. The summed E-state index contributed by atoms with van der Waals surface area (Å²) in [5, 5.41) is 6.07. The van der Waals surface area contributed by atoms with Crippen molar-refractivity contribution in [2.75, 3.05) is 13.1 Å². The van der Waals surface area contributed by atoms with Gasteiger partial charge in [-0.05, 0) is 12.2 Å². The van der Waals surface area contributed by atoms with E-state index in [-0.39, 0.29) is 0 Å². The Hall–Kier alpha value is -0.110. The van der Waals surface area contributed by atoms with Crippen LogP contribution in [0.4, 0.5) is 0 Å². The fourth-order valence-electron chi connectivity index (χ4n) is 0.396. The number of hydrazine groups is 1. The number of hydrogen-bond acceptors (Lipinski definition) is 3. The van der Waals surface area contributed by atoms with Gasteiger partial charge in [0.25, 0.3) is 0 Å². The van der Waals surface area contributed by atoms with Gasteiger partial charge in [-0.15, -0.1) is 12.6 Å². The van der Waals surface area contributed by atoms with E-state index in [0.29, 0.717) is 22.5 Å². The topological polar surface area (TPSA) is 62.1 Å². The number of nitrogens with one attached hydrogen (secondary N) is 3. The Labute approximate surface area is 81.7 Å². The minimum absolute atomic E-state index is 0.414. The third kappa shape index (κ3) is 7.79. The van der Waals surface area contributed by atoms with Crippen LogP contribution in [-0.4, -0.2) is 22.5 Å². The van der Waals surface area contributed by atoms with Crippen molar-refractivity contribution in [3.63, 3.8) is 0 Å². The van der Waals surface area contributed by atoms with Crippen molar-refractivity contribution < 1.29 is 0 Å². The van der Waals surface area contributed by atoms with Crippen molar-refractivity contribution >= 4 is 46.5 Å². The first-order valence-electron chi connectivity index (χ1n) is 2.88. The lowest BCUT2D eigenvalue weighted by Gasteiger charge is -2.06. The van der Waals surface area contributed by atoms with Crippen LogP contribution in [0.25, 0.3) is 0 Å². The fraction of sp³-hybridized carbons (Fsp3) is 0.500. The van der Waals surface area contributed by atoms with Crippen molar-refractivity contribution in [3.05, 3.63) is 0 Å². The lowest BCUT2D eigenvalue weighted by molar-refractivity contribution is 0.803. The maximum absolute atomic E-state index is 5.00. The normalized spacial score (nSPS) is 8.55. The Kier molecular flexibility index (Phi) is 6.52. The molecule has 0 unspecified atom stereocenters. The lowest BCUT2D eigenvalue weighted by Crippen LogP contribution is -2.42. The van der Waals surface area contributed by atoms with Crippen LogP contribution >= 0.6 is 37.1 Å². The van der Waals surface area contributed by atoms with Gasteiger partial charge in [-0.1, -0.05) is 12.2 Å². The molecule has 0 aromatic heterocycles. The maximum Gasteiger partial charge on any atom is 0.180 e. The molecule has 0 bridgehead atoms. The Balaban J connectivity index is 3.14. The van der Waals surface area contributed by atoms with Crippen LogP contribution in [0.5, 0.6) is 0 Å². The molecule has 64 valence electrons. The predicted molar refractivity (Wildman–Crippen MR) is 57.5 cm³/mol. The highest BCUT2D eigenvalue weighted by Crippen LogP contribution is 1.74. The molecule has 0 atom stereocenters. The summed E-state index contributed by atoms with van der Waals surface area (Å²) in [6.07, 6.45) is 0. The smallest absolute Gasteiger partial charge is 0.180 e. The third-order valence-corrected chi connectivity index (χ3v) is 1.38. The number of thiol groups is 1. The monoisotopic (exact) mass is 210 g/mol. The fourth-order valence-corrected chi connectivity index (χ4v) is 0.712. The van der Waals surface area contributed by atoms with Gasteiger partial charge in [0.05, 0.1) is 0 Å². The molecule has 0 radical (unpaired) electrons. The van der Waals surface area contributed by atoms with E-state index in [2.05, 4.69) is 40.9 Å². The predicted octanol–water partition coefficient (Wildman–Crippen LogP) is -0.871. The van der Waals surface area contributed by atoms with Crippen LogP contribution < -0.4 is 21.9 Å². The molecule has 7 heteroatoms. The van der Waals surface area contributed by atoms with E-state index in [1.54, 1.807) is 0 Å². The van der Waals surface area contributed by atoms with E-state index in [1.165, 1.54) is 0 Å². The molecule has 0 aromatic rings. The van der Waals surface area contributed by atoms with E-state index in [0.717, 1.165) is 0 Å². The molecule has 4 nitrogen and oxygen atoms in total. The Morgan fingerprint density at radius 3 is 2.27 bits per heavy atom. The first-order chi connectivity index (χ1) is 5.16. The average Bonchev–Trinajstić information content (AvgIpc) is 1.97. The average molecular weight is 210 g/mol. The van der Waals surface area contributed by atoms with Crippen molar-refractivity contribution in [2.24, 2.45) is 5.84 Å². The zero-order valence-electron chi connectivity index (χ0n) is 5.76. The van der Waals surface area contributed by atoms with Gasteiger partial charge >= 0.3 is 0 Å². The third-order valence-electron chi connectivity index (χ3n) is 0.818. The molecule has 0 heterocycles. The summed E-state index contributed by atoms with van der Waals surface area (Å²) in [6, 6.07) is 0. The zero-order chi connectivity index (χ0) is 8.69. The van der Waals surface area contributed by atoms with Gasteiger partial charge in [0.15, 0.2) is 5.11 Å². The van der Waals surface area contributed by atoms with Gasteiger partial charge in [-0.2, -0.15) is 0 Å². The minimum Gasteiger partial charge on any atom is -0.369 e. The summed E-state index contributed by atoms with van der Waals surface area (Å²) in [5.74, 6) is 5.00. The van der Waals surface area contributed by atoms with Crippen LogP contribution in [0.15, 0.2) is 0 Å². The summed E-state index contributed by atoms with van der Waals surface area (Å²) in [6.45, 7) is 1.33. The van der Waals surface area contributed by atoms with E-state index >= 15 is 0 Å².